The second-order valence-corrected chi connectivity index (χ2v) is 7.62. The van der Waals surface area contributed by atoms with Crippen molar-refractivity contribution in [3.8, 4) is 11.5 Å². The van der Waals surface area contributed by atoms with Crippen molar-refractivity contribution >= 4 is 5.91 Å². The molecule has 27 heavy (non-hydrogen) atoms. The standard InChI is InChI=1S/C22H25NO4/c1-26-19-7-4-5-16(9-19)10-21(25)23-12-18-13-27-20-8-3-2-6-17(20)11-22(18,14-23)15-24/h2-9,18,24H,10-15H2,1H3/t18-,22-/m1/s1. The number of nitrogens with zero attached hydrogens (tertiary/aromatic N) is 1. The number of ether oxygens (including phenoxy) is 2. The van der Waals surface area contributed by atoms with Crippen LogP contribution in [-0.2, 0) is 17.6 Å². The number of rotatable bonds is 4. The molecule has 2 heterocycles. The molecule has 0 spiro atoms. The van der Waals surface area contributed by atoms with Gasteiger partial charge < -0.3 is 19.5 Å². The second-order valence-electron chi connectivity index (χ2n) is 7.62. The average Bonchev–Trinajstić information content (AvgIpc) is 2.99. The SMILES string of the molecule is COc1cccc(CC(=O)N2C[C@@H]3COc4ccccc4C[C@]3(CO)C2)c1. The molecule has 2 aliphatic heterocycles. The number of fused-ring (bicyclic) bond motifs is 2. The number of carbonyl (C=O) groups excluding carboxylic acids is 1. The molecule has 1 amide bonds. The number of hydrogen-bond acceptors (Lipinski definition) is 4. The maximum Gasteiger partial charge on any atom is 0.227 e. The molecule has 2 atom stereocenters. The Morgan fingerprint density at radius 1 is 1.30 bits per heavy atom. The molecule has 5 nitrogen and oxygen atoms in total. The third-order valence-corrected chi connectivity index (χ3v) is 5.92. The van der Waals surface area contributed by atoms with Crippen LogP contribution in [0.15, 0.2) is 48.5 Å². The number of para-hydroxylation sites is 1. The summed E-state index contributed by atoms with van der Waals surface area (Å²) in [5, 5.41) is 10.3. The molecule has 2 aromatic rings. The van der Waals surface area contributed by atoms with Gasteiger partial charge in [-0.15, -0.1) is 0 Å². The van der Waals surface area contributed by atoms with E-state index in [1.165, 1.54) is 0 Å². The third-order valence-electron chi connectivity index (χ3n) is 5.92. The Morgan fingerprint density at radius 3 is 2.96 bits per heavy atom. The van der Waals surface area contributed by atoms with Gasteiger partial charge in [-0.1, -0.05) is 30.3 Å². The summed E-state index contributed by atoms with van der Waals surface area (Å²) in [5.41, 5.74) is 1.71. The van der Waals surface area contributed by atoms with E-state index in [-0.39, 0.29) is 23.8 Å². The van der Waals surface area contributed by atoms with Gasteiger partial charge in [0.1, 0.15) is 11.5 Å². The minimum atomic E-state index is -0.337. The van der Waals surface area contributed by atoms with Gasteiger partial charge in [0.15, 0.2) is 0 Å². The number of methoxy groups -OCH3 is 1. The Hall–Kier alpha value is -2.53. The van der Waals surface area contributed by atoms with Crippen molar-refractivity contribution < 1.29 is 19.4 Å². The highest BCUT2D eigenvalue weighted by Crippen LogP contribution is 2.43. The van der Waals surface area contributed by atoms with Gasteiger partial charge >= 0.3 is 0 Å². The van der Waals surface area contributed by atoms with E-state index >= 15 is 0 Å². The molecule has 4 rings (SSSR count). The molecule has 142 valence electrons. The summed E-state index contributed by atoms with van der Waals surface area (Å²) < 4.78 is 11.2. The quantitative estimate of drug-likeness (QED) is 0.901. The first-order chi connectivity index (χ1) is 13.1. The molecule has 2 aromatic carbocycles. The Kier molecular flexibility index (Phi) is 4.79. The lowest BCUT2D eigenvalue weighted by molar-refractivity contribution is -0.130. The highest BCUT2D eigenvalue weighted by Gasteiger charge is 2.49. The predicted molar refractivity (Wildman–Crippen MR) is 102 cm³/mol. The highest BCUT2D eigenvalue weighted by molar-refractivity contribution is 5.79. The topological polar surface area (TPSA) is 59.0 Å². The van der Waals surface area contributed by atoms with Gasteiger partial charge in [-0.3, -0.25) is 4.79 Å². The molecule has 1 fully saturated rings. The second kappa shape index (κ2) is 7.24. The number of likely N-dealkylation sites (tertiary alicyclic amines) is 1. The molecule has 0 bridgehead atoms. The van der Waals surface area contributed by atoms with Crippen LogP contribution in [0.1, 0.15) is 11.1 Å². The van der Waals surface area contributed by atoms with Crippen molar-refractivity contribution in [1.82, 2.24) is 4.90 Å². The fourth-order valence-electron chi connectivity index (χ4n) is 4.32. The highest BCUT2D eigenvalue weighted by atomic mass is 16.5. The molecule has 0 saturated carbocycles. The molecule has 1 N–H and O–H groups in total. The van der Waals surface area contributed by atoms with Crippen molar-refractivity contribution in [1.29, 1.82) is 0 Å². The molecule has 0 aromatic heterocycles. The van der Waals surface area contributed by atoms with Crippen LogP contribution in [0, 0.1) is 11.3 Å². The van der Waals surface area contributed by atoms with Gasteiger partial charge in [-0.05, 0) is 35.7 Å². The van der Waals surface area contributed by atoms with Gasteiger partial charge in [0.2, 0.25) is 5.91 Å². The first-order valence-electron chi connectivity index (χ1n) is 9.36. The van der Waals surface area contributed by atoms with Crippen molar-refractivity contribution in [2.24, 2.45) is 11.3 Å². The maximum absolute atomic E-state index is 12.9. The van der Waals surface area contributed by atoms with Gasteiger partial charge in [0.25, 0.3) is 0 Å². The lowest BCUT2D eigenvalue weighted by atomic mass is 9.75. The van der Waals surface area contributed by atoms with E-state index in [0.717, 1.165) is 29.0 Å². The Morgan fingerprint density at radius 2 is 2.15 bits per heavy atom. The van der Waals surface area contributed by atoms with E-state index in [1.807, 2.05) is 47.4 Å². The van der Waals surface area contributed by atoms with Crippen LogP contribution in [0.3, 0.4) is 0 Å². The summed E-state index contributed by atoms with van der Waals surface area (Å²) in [6.45, 7) is 1.77. The number of aliphatic hydroxyl groups excluding tert-OH is 1. The van der Waals surface area contributed by atoms with E-state index in [9.17, 15) is 9.90 Å². The number of hydrogen-bond donors (Lipinski definition) is 1. The molecule has 0 unspecified atom stereocenters. The largest absolute Gasteiger partial charge is 0.497 e. The van der Waals surface area contributed by atoms with E-state index in [0.29, 0.717) is 26.1 Å². The van der Waals surface area contributed by atoms with Crippen LogP contribution >= 0.6 is 0 Å². The third kappa shape index (κ3) is 3.39. The maximum atomic E-state index is 12.9. The monoisotopic (exact) mass is 367 g/mol. The first kappa shape index (κ1) is 17.9. The Bertz CT molecular complexity index is 837. The predicted octanol–water partition coefficient (Wildman–Crippen LogP) is 2.31. The van der Waals surface area contributed by atoms with Crippen LogP contribution in [-0.4, -0.2) is 49.3 Å². The summed E-state index contributed by atoms with van der Waals surface area (Å²) in [6, 6.07) is 15.6. The van der Waals surface area contributed by atoms with Crippen molar-refractivity contribution in [2.75, 3.05) is 33.4 Å². The molecular formula is C22H25NO4. The molecule has 1 saturated heterocycles. The number of carbonyl (C=O) groups is 1. The van der Waals surface area contributed by atoms with Crippen LogP contribution < -0.4 is 9.47 Å². The molecule has 0 radical (unpaired) electrons. The van der Waals surface area contributed by atoms with E-state index in [4.69, 9.17) is 9.47 Å². The van der Waals surface area contributed by atoms with Crippen molar-refractivity contribution in [3.05, 3.63) is 59.7 Å². The fraction of sp³-hybridized carbons (Fsp3) is 0.409. The zero-order valence-electron chi connectivity index (χ0n) is 15.6. The number of benzene rings is 2. The van der Waals surface area contributed by atoms with E-state index in [2.05, 4.69) is 6.07 Å². The van der Waals surface area contributed by atoms with Gasteiger partial charge in [-0.2, -0.15) is 0 Å². The lowest BCUT2D eigenvalue weighted by Gasteiger charge is -2.30. The molecule has 2 aliphatic rings. The average molecular weight is 367 g/mol. The van der Waals surface area contributed by atoms with Crippen LogP contribution in [0.4, 0.5) is 0 Å². The Labute approximate surface area is 159 Å². The van der Waals surface area contributed by atoms with E-state index < -0.39 is 0 Å². The van der Waals surface area contributed by atoms with Crippen molar-refractivity contribution in [3.63, 3.8) is 0 Å². The Balaban J connectivity index is 1.51. The number of amides is 1. The summed E-state index contributed by atoms with van der Waals surface area (Å²) in [4.78, 5) is 14.8. The first-order valence-corrected chi connectivity index (χ1v) is 9.36. The summed E-state index contributed by atoms with van der Waals surface area (Å²) >= 11 is 0. The lowest BCUT2D eigenvalue weighted by Crippen LogP contribution is -2.38. The molecule has 5 heteroatoms. The summed E-state index contributed by atoms with van der Waals surface area (Å²) in [5.74, 6) is 1.86. The zero-order valence-corrected chi connectivity index (χ0v) is 15.6. The van der Waals surface area contributed by atoms with Crippen LogP contribution in [0.25, 0.3) is 0 Å². The van der Waals surface area contributed by atoms with Gasteiger partial charge in [0.05, 0.1) is 26.7 Å². The van der Waals surface area contributed by atoms with Gasteiger partial charge in [-0.25, -0.2) is 0 Å². The normalized spacial score (nSPS) is 23.8. The van der Waals surface area contributed by atoms with E-state index in [1.54, 1.807) is 7.11 Å². The van der Waals surface area contributed by atoms with Crippen molar-refractivity contribution in [2.45, 2.75) is 12.8 Å². The molecular weight excluding hydrogens is 342 g/mol. The minimum absolute atomic E-state index is 0.0539. The van der Waals surface area contributed by atoms with Crippen LogP contribution in [0.2, 0.25) is 0 Å². The molecule has 0 aliphatic carbocycles. The fourth-order valence-corrected chi connectivity index (χ4v) is 4.32. The summed E-state index contributed by atoms with van der Waals surface area (Å²) in [7, 11) is 1.62. The zero-order chi connectivity index (χ0) is 18.9. The van der Waals surface area contributed by atoms with Crippen LogP contribution in [0.5, 0.6) is 11.5 Å². The minimum Gasteiger partial charge on any atom is -0.497 e. The van der Waals surface area contributed by atoms with Gasteiger partial charge in [0, 0.05) is 24.4 Å². The smallest absolute Gasteiger partial charge is 0.227 e. The number of aliphatic hydroxyl groups is 1. The summed E-state index contributed by atoms with van der Waals surface area (Å²) in [6.07, 6.45) is 1.07.